The molecule has 0 spiro atoms. The van der Waals surface area contributed by atoms with Gasteiger partial charge in [-0.15, -0.1) is 0 Å². The second-order valence-corrected chi connectivity index (χ2v) is 5.01. The Hall–Kier alpha value is -0.830. The fourth-order valence-corrected chi connectivity index (χ4v) is 1.70. The maximum absolute atomic E-state index is 5.81. The first kappa shape index (κ1) is 9.71. The molecule has 2 heterocycles. The van der Waals surface area contributed by atoms with E-state index in [1.165, 1.54) is 0 Å². The van der Waals surface area contributed by atoms with E-state index in [9.17, 15) is 0 Å². The molecule has 0 aliphatic carbocycles. The van der Waals surface area contributed by atoms with Crippen LogP contribution in [0.1, 0.15) is 51.1 Å². The minimum atomic E-state index is 0.0110. The van der Waals surface area contributed by atoms with Crippen LogP contribution >= 0.6 is 0 Å². The molecule has 1 aromatic heterocycles. The van der Waals surface area contributed by atoms with E-state index in [-0.39, 0.29) is 5.41 Å². The maximum Gasteiger partial charge on any atom is 0.200 e. The Kier molecular flexibility index (Phi) is 2.14. The quantitative estimate of drug-likeness (QED) is 0.688. The number of hydrogen-bond donors (Lipinski definition) is 1. The normalized spacial score (nSPS) is 22.1. The summed E-state index contributed by atoms with van der Waals surface area (Å²) in [5.74, 6) is 1.89. The molecule has 1 aromatic rings. The van der Waals surface area contributed by atoms with E-state index in [2.05, 4.69) is 38.0 Å². The Morgan fingerprint density at radius 1 is 1.43 bits per heavy atom. The largest absolute Gasteiger partial charge is 0.443 e. The first-order valence-electron chi connectivity index (χ1n) is 5.22. The molecular formula is C11H18N2O. The predicted molar refractivity (Wildman–Crippen MR) is 55.3 cm³/mol. The average molecular weight is 194 g/mol. The highest BCUT2D eigenvalue weighted by Crippen LogP contribution is 2.29. The molecule has 1 aliphatic heterocycles. The van der Waals surface area contributed by atoms with Crippen LogP contribution in [0.4, 0.5) is 0 Å². The van der Waals surface area contributed by atoms with E-state index < -0.39 is 0 Å². The van der Waals surface area contributed by atoms with Crippen molar-refractivity contribution in [2.45, 2.75) is 45.6 Å². The molecule has 0 fully saturated rings. The van der Waals surface area contributed by atoms with Crippen LogP contribution in [-0.4, -0.2) is 11.5 Å². The molecule has 0 amide bonds. The monoisotopic (exact) mass is 194 g/mol. The van der Waals surface area contributed by atoms with Crippen LogP contribution in [-0.2, 0) is 11.8 Å². The Balaban J connectivity index is 2.40. The van der Waals surface area contributed by atoms with Crippen molar-refractivity contribution in [2.75, 3.05) is 6.54 Å². The Morgan fingerprint density at radius 2 is 2.14 bits per heavy atom. The second kappa shape index (κ2) is 3.09. The number of nitrogens with zero attached hydrogens (tertiary/aromatic N) is 1. The molecule has 0 aromatic carbocycles. The zero-order valence-electron chi connectivity index (χ0n) is 9.35. The molecule has 0 bridgehead atoms. The first-order valence-corrected chi connectivity index (χ1v) is 5.22. The maximum atomic E-state index is 5.81. The van der Waals surface area contributed by atoms with E-state index in [0.717, 1.165) is 30.3 Å². The Morgan fingerprint density at radius 3 is 2.71 bits per heavy atom. The predicted octanol–water partition coefficient (Wildman–Crippen LogP) is 2.18. The van der Waals surface area contributed by atoms with Crippen LogP contribution in [0.3, 0.4) is 0 Å². The molecule has 3 heteroatoms. The van der Waals surface area contributed by atoms with Gasteiger partial charge in [-0.1, -0.05) is 20.8 Å². The van der Waals surface area contributed by atoms with Gasteiger partial charge in [0.15, 0.2) is 5.89 Å². The van der Waals surface area contributed by atoms with Gasteiger partial charge in [0.25, 0.3) is 0 Å². The minimum absolute atomic E-state index is 0.0110. The third-order valence-electron chi connectivity index (χ3n) is 2.57. The summed E-state index contributed by atoms with van der Waals surface area (Å²) in [6, 6.07) is 0.308. The third-order valence-corrected chi connectivity index (χ3v) is 2.57. The van der Waals surface area contributed by atoms with Crippen LogP contribution in [0.2, 0.25) is 0 Å². The standard InChI is InChI=1S/C11H18N2O/c1-7-9-8(5-6-12-7)13-10(14-9)11(2,3)4/h7,12H,5-6H2,1-4H3. The summed E-state index contributed by atoms with van der Waals surface area (Å²) in [7, 11) is 0. The van der Waals surface area contributed by atoms with Crippen molar-refractivity contribution in [3.05, 3.63) is 17.3 Å². The highest BCUT2D eigenvalue weighted by Gasteiger charge is 2.27. The van der Waals surface area contributed by atoms with Gasteiger partial charge in [0.05, 0.1) is 11.7 Å². The van der Waals surface area contributed by atoms with E-state index in [0.29, 0.717) is 6.04 Å². The SMILES string of the molecule is CC1NCCc2nc(C(C)(C)C)oc21. The topological polar surface area (TPSA) is 38.1 Å². The summed E-state index contributed by atoms with van der Waals surface area (Å²) in [5.41, 5.74) is 1.15. The van der Waals surface area contributed by atoms with Gasteiger partial charge in [0.1, 0.15) is 5.76 Å². The molecule has 14 heavy (non-hydrogen) atoms. The van der Waals surface area contributed by atoms with Crippen LogP contribution in [0, 0.1) is 0 Å². The lowest BCUT2D eigenvalue weighted by molar-refractivity contribution is 0.343. The number of hydrogen-bond acceptors (Lipinski definition) is 3. The smallest absolute Gasteiger partial charge is 0.200 e. The lowest BCUT2D eigenvalue weighted by atomic mass is 9.97. The van der Waals surface area contributed by atoms with E-state index in [1.54, 1.807) is 0 Å². The van der Waals surface area contributed by atoms with Gasteiger partial charge in [0, 0.05) is 18.4 Å². The summed E-state index contributed by atoms with van der Waals surface area (Å²) in [6.07, 6.45) is 0.985. The molecule has 0 saturated carbocycles. The van der Waals surface area contributed by atoms with Crippen LogP contribution in [0.25, 0.3) is 0 Å². The third kappa shape index (κ3) is 1.57. The molecule has 0 saturated heterocycles. The van der Waals surface area contributed by atoms with Gasteiger partial charge in [-0.3, -0.25) is 0 Å². The van der Waals surface area contributed by atoms with Crippen molar-refractivity contribution in [3.8, 4) is 0 Å². The zero-order chi connectivity index (χ0) is 10.3. The molecule has 1 atom stereocenters. The molecular weight excluding hydrogens is 176 g/mol. The van der Waals surface area contributed by atoms with Crippen molar-refractivity contribution >= 4 is 0 Å². The summed E-state index contributed by atoms with van der Waals surface area (Å²) in [6.45, 7) is 9.51. The lowest BCUT2D eigenvalue weighted by Gasteiger charge is -2.17. The van der Waals surface area contributed by atoms with Crippen molar-refractivity contribution in [3.63, 3.8) is 0 Å². The van der Waals surface area contributed by atoms with Gasteiger partial charge < -0.3 is 9.73 Å². The highest BCUT2D eigenvalue weighted by atomic mass is 16.4. The highest BCUT2D eigenvalue weighted by molar-refractivity contribution is 5.19. The molecule has 3 nitrogen and oxygen atoms in total. The number of aromatic nitrogens is 1. The first-order chi connectivity index (χ1) is 6.48. The number of nitrogens with one attached hydrogen (secondary N) is 1. The van der Waals surface area contributed by atoms with Gasteiger partial charge >= 0.3 is 0 Å². The summed E-state index contributed by atoms with van der Waals surface area (Å²) < 4.78 is 5.81. The Bertz CT molecular complexity index is 336. The van der Waals surface area contributed by atoms with Gasteiger partial charge in [-0.2, -0.15) is 0 Å². The van der Waals surface area contributed by atoms with Crippen LogP contribution in [0.15, 0.2) is 4.42 Å². The van der Waals surface area contributed by atoms with Gasteiger partial charge in [-0.05, 0) is 6.92 Å². The summed E-state index contributed by atoms with van der Waals surface area (Å²) in [5, 5.41) is 3.37. The van der Waals surface area contributed by atoms with E-state index in [1.807, 2.05) is 0 Å². The number of oxazole rings is 1. The van der Waals surface area contributed by atoms with Gasteiger partial charge in [-0.25, -0.2) is 4.98 Å². The molecule has 2 rings (SSSR count). The fraction of sp³-hybridized carbons (Fsp3) is 0.727. The van der Waals surface area contributed by atoms with Crippen molar-refractivity contribution in [2.24, 2.45) is 0 Å². The molecule has 78 valence electrons. The van der Waals surface area contributed by atoms with Crippen molar-refractivity contribution < 1.29 is 4.42 Å². The number of fused-ring (bicyclic) bond motifs is 1. The Labute approximate surface area is 84.9 Å². The summed E-state index contributed by atoms with van der Waals surface area (Å²) >= 11 is 0. The van der Waals surface area contributed by atoms with E-state index in [4.69, 9.17) is 4.42 Å². The molecule has 0 radical (unpaired) electrons. The molecule has 1 N–H and O–H groups in total. The van der Waals surface area contributed by atoms with Crippen LogP contribution in [0.5, 0.6) is 0 Å². The molecule has 1 unspecified atom stereocenters. The minimum Gasteiger partial charge on any atom is -0.443 e. The van der Waals surface area contributed by atoms with Gasteiger partial charge in [0.2, 0.25) is 0 Å². The zero-order valence-corrected chi connectivity index (χ0v) is 9.35. The number of rotatable bonds is 0. The van der Waals surface area contributed by atoms with E-state index >= 15 is 0 Å². The van der Waals surface area contributed by atoms with Crippen LogP contribution < -0.4 is 5.32 Å². The summed E-state index contributed by atoms with van der Waals surface area (Å²) in [4.78, 5) is 4.57. The lowest BCUT2D eigenvalue weighted by Crippen LogP contribution is -2.26. The van der Waals surface area contributed by atoms with Crippen molar-refractivity contribution in [1.82, 2.24) is 10.3 Å². The fourth-order valence-electron chi connectivity index (χ4n) is 1.70. The second-order valence-electron chi connectivity index (χ2n) is 5.01. The van der Waals surface area contributed by atoms with Crippen molar-refractivity contribution in [1.29, 1.82) is 0 Å². The molecule has 1 aliphatic rings. The average Bonchev–Trinajstić information content (AvgIpc) is 2.48.